The third kappa shape index (κ3) is 29.7. The molecule has 0 aromatic carbocycles. The van der Waals surface area contributed by atoms with Crippen molar-refractivity contribution in [1.29, 1.82) is 0 Å². The van der Waals surface area contributed by atoms with E-state index >= 15 is 0 Å². The van der Waals surface area contributed by atoms with Crippen LogP contribution in [0.25, 0.3) is 0 Å². The second-order valence-corrected chi connectivity index (χ2v) is 13.8. The summed E-state index contributed by atoms with van der Waals surface area (Å²) < 4.78 is 17.0. The van der Waals surface area contributed by atoms with Crippen molar-refractivity contribution >= 4 is 17.9 Å². The molecule has 0 radical (unpaired) electrons. The summed E-state index contributed by atoms with van der Waals surface area (Å²) in [6.45, 7) is 4.57. The number of hydrogen-bond donors (Lipinski definition) is 0. The molecule has 0 spiro atoms. The molecule has 2 atom stereocenters. The second-order valence-electron chi connectivity index (χ2n) is 13.8. The van der Waals surface area contributed by atoms with Crippen molar-refractivity contribution in [2.45, 2.75) is 167 Å². The van der Waals surface area contributed by atoms with Crippen molar-refractivity contribution in [1.82, 2.24) is 0 Å². The summed E-state index contributed by atoms with van der Waals surface area (Å²) in [5, 5.41) is 11.5. The summed E-state index contributed by atoms with van der Waals surface area (Å²) >= 11 is 0. The highest BCUT2D eigenvalue weighted by atomic mass is 16.6. The van der Waals surface area contributed by atoms with E-state index in [0.717, 1.165) is 51.4 Å². The SMILES string of the molecule is CCCCC/C=C/C=C/CCCCCCCCC(=O)OCC(COCCC(C(=O)[O-])[N+](C)(C)C)OC(=O)CCCCCCCCCC. The summed E-state index contributed by atoms with van der Waals surface area (Å²) in [6, 6.07) is -0.722. The summed E-state index contributed by atoms with van der Waals surface area (Å²) in [5.74, 6) is -1.75. The number of rotatable bonds is 33. The van der Waals surface area contributed by atoms with Crippen molar-refractivity contribution in [2.24, 2.45) is 0 Å². The number of carbonyl (C=O) groups is 3. The van der Waals surface area contributed by atoms with Gasteiger partial charge in [-0.05, 0) is 38.5 Å². The summed E-state index contributed by atoms with van der Waals surface area (Å²) in [5.41, 5.74) is 0. The van der Waals surface area contributed by atoms with Crippen LogP contribution in [-0.2, 0) is 28.6 Å². The van der Waals surface area contributed by atoms with Gasteiger partial charge in [0.05, 0.1) is 40.3 Å². The number of aliphatic carboxylic acids is 1. The van der Waals surface area contributed by atoms with E-state index in [2.05, 4.69) is 38.2 Å². The number of esters is 2. The number of hydrogen-bond acceptors (Lipinski definition) is 7. The molecule has 8 heteroatoms. The van der Waals surface area contributed by atoms with Crippen LogP contribution in [0.15, 0.2) is 24.3 Å². The zero-order valence-electron chi connectivity index (χ0n) is 30.9. The Bertz CT molecular complexity index is 834. The molecule has 0 fully saturated rings. The van der Waals surface area contributed by atoms with Crippen LogP contribution in [0.2, 0.25) is 0 Å². The molecule has 0 aromatic rings. The Labute approximate surface area is 288 Å². The molecule has 0 N–H and O–H groups in total. The third-order valence-electron chi connectivity index (χ3n) is 8.37. The average molecular weight is 666 g/mol. The first-order valence-corrected chi connectivity index (χ1v) is 18.9. The van der Waals surface area contributed by atoms with Crippen LogP contribution in [0.1, 0.15) is 155 Å². The molecule has 0 rings (SSSR count). The van der Waals surface area contributed by atoms with E-state index in [0.29, 0.717) is 12.8 Å². The fourth-order valence-corrected chi connectivity index (χ4v) is 5.35. The number of likely N-dealkylation sites (N-methyl/N-ethyl adjacent to an activating group) is 1. The van der Waals surface area contributed by atoms with Gasteiger partial charge in [0.25, 0.3) is 0 Å². The molecule has 0 aliphatic rings. The molecule has 0 aromatic heterocycles. The Kier molecular flexibility index (Phi) is 29.7. The van der Waals surface area contributed by atoms with Crippen LogP contribution in [0.5, 0.6) is 0 Å². The number of allylic oxidation sites excluding steroid dienone is 4. The summed E-state index contributed by atoms with van der Waals surface area (Å²) in [6.07, 6.45) is 30.6. The first-order chi connectivity index (χ1) is 22.6. The molecule has 0 saturated carbocycles. The lowest BCUT2D eigenvalue weighted by atomic mass is 10.1. The molecule has 8 nitrogen and oxygen atoms in total. The van der Waals surface area contributed by atoms with Crippen molar-refractivity contribution in [3.8, 4) is 0 Å². The van der Waals surface area contributed by atoms with E-state index in [9.17, 15) is 19.5 Å². The predicted molar refractivity (Wildman–Crippen MR) is 190 cm³/mol. The fourth-order valence-electron chi connectivity index (χ4n) is 5.35. The van der Waals surface area contributed by atoms with Crippen LogP contribution in [-0.4, -0.2) is 75.5 Å². The summed E-state index contributed by atoms with van der Waals surface area (Å²) in [7, 11) is 5.39. The number of carboxylic acids is 1. The fraction of sp³-hybridized carbons (Fsp3) is 0.821. The molecule has 0 amide bonds. The number of nitrogens with zero attached hydrogens (tertiary/aromatic N) is 1. The largest absolute Gasteiger partial charge is 0.544 e. The van der Waals surface area contributed by atoms with Gasteiger partial charge in [-0.15, -0.1) is 0 Å². The lowest BCUT2D eigenvalue weighted by Crippen LogP contribution is -2.55. The number of ether oxygens (including phenoxy) is 3. The first-order valence-electron chi connectivity index (χ1n) is 18.9. The first kappa shape index (κ1) is 44.8. The van der Waals surface area contributed by atoms with Crippen LogP contribution < -0.4 is 5.11 Å². The molecule has 0 bridgehead atoms. The standard InChI is InChI=1S/C39H71NO7/c1-6-8-10-12-14-16-17-18-19-20-21-22-24-25-27-29-37(41)46-34-35(33-45-32-31-36(39(43)44)40(3,4)5)47-38(42)30-28-26-23-15-13-11-9-7-2/h14,16-18,35-36H,6-13,15,19-34H2,1-5H3/b16-14+,18-17+. The predicted octanol–water partition coefficient (Wildman–Crippen LogP) is 8.02. The minimum atomic E-state index is -1.13. The van der Waals surface area contributed by atoms with Gasteiger partial charge in [-0.3, -0.25) is 9.59 Å². The average Bonchev–Trinajstić information content (AvgIpc) is 3.01. The van der Waals surface area contributed by atoms with E-state index < -0.39 is 18.1 Å². The lowest BCUT2D eigenvalue weighted by molar-refractivity contribution is -0.889. The van der Waals surface area contributed by atoms with Gasteiger partial charge in [0.2, 0.25) is 0 Å². The monoisotopic (exact) mass is 666 g/mol. The molecule has 0 heterocycles. The number of carbonyl (C=O) groups excluding carboxylic acids is 3. The topological polar surface area (TPSA) is 102 Å². The van der Waals surface area contributed by atoms with Crippen molar-refractivity contribution in [3.63, 3.8) is 0 Å². The second kappa shape index (κ2) is 31.1. The maximum absolute atomic E-state index is 12.5. The highest BCUT2D eigenvalue weighted by Gasteiger charge is 2.25. The van der Waals surface area contributed by atoms with E-state index in [4.69, 9.17) is 14.2 Å². The molecule has 274 valence electrons. The van der Waals surface area contributed by atoms with Crippen LogP contribution in [0.3, 0.4) is 0 Å². The van der Waals surface area contributed by atoms with E-state index in [1.54, 1.807) is 21.1 Å². The number of carboxylic acid groups (broad SMARTS) is 1. The maximum atomic E-state index is 12.5. The molecule has 0 saturated heterocycles. The van der Waals surface area contributed by atoms with Gasteiger partial charge in [0.1, 0.15) is 12.6 Å². The quantitative estimate of drug-likeness (QED) is 0.0303. The smallest absolute Gasteiger partial charge is 0.306 e. The minimum Gasteiger partial charge on any atom is -0.544 e. The number of quaternary nitrogens is 1. The van der Waals surface area contributed by atoms with Gasteiger partial charge in [0, 0.05) is 19.3 Å². The Morgan fingerprint density at radius 2 is 1.11 bits per heavy atom. The van der Waals surface area contributed by atoms with Gasteiger partial charge >= 0.3 is 11.9 Å². The van der Waals surface area contributed by atoms with Gasteiger partial charge in [0.15, 0.2) is 6.10 Å². The maximum Gasteiger partial charge on any atom is 0.306 e. The zero-order valence-corrected chi connectivity index (χ0v) is 30.9. The Balaban J connectivity index is 4.38. The highest BCUT2D eigenvalue weighted by Crippen LogP contribution is 2.13. The van der Waals surface area contributed by atoms with Crippen LogP contribution in [0.4, 0.5) is 0 Å². The van der Waals surface area contributed by atoms with Crippen LogP contribution in [0, 0.1) is 0 Å². The van der Waals surface area contributed by atoms with Gasteiger partial charge < -0.3 is 28.6 Å². The summed E-state index contributed by atoms with van der Waals surface area (Å²) in [4.78, 5) is 36.5. The Morgan fingerprint density at radius 3 is 1.64 bits per heavy atom. The van der Waals surface area contributed by atoms with Crippen LogP contribution >= 0.6 is 0 Å². The van der Waals surface area contributed by atoms with E-state index in [1.807, 2.05) is 0 Å². The lowest BCUT2D eigenvalue weighted by Gasteiger charge is -2.34. The zero-order chi connectivity index (χ0) is 35.0. The van der Waals surface area contributed by atoms with Crippen molar-refractivity contribution in [3.05, 3.63) is 24.3 Å². The molecule has 2 unspecified atom stereocenters. The minimum absolute atomic E-state index is 0.0395. The molecule has 0 aliphatic carbocycles. The van der Waals surface area contributed by atoms with Crippen molar-refractivity contribution < 1.29 is 38.2 Å². The third-order valence-corrected chi connectivity index (χ3v) is 8.37. The van der Waals surface area contributed by atoms with Gasteiger partial charge in [-0.1, -0.05) is 122 Å². The highest BCUT2D eigenvalue weighted by molar-refractivity contribution is 5.70. The van der Waals surface area contributed by atoms with Gasteiger partial charge in [-0.2, -0.15) is 0 Å². The molecule has 47 heavy (non-hydrogen) atoms. The molecular weight excluding hydrogens is 594 g/mol. The molecular formula is C39H71NO7. The van der Waals surface area contributed by atoms with E-state index in [-0.39, 0.29) is 42.7 Å². The molecule has 0 aliphatic heterocycles. The van der Waals surface area contributed by atoms with Crippen molar-refractivity contribution in [2.75, 3.05) is 41.0 Å². The van der Waals surface area contributed by atoms with E-state index in [1.165, 1.54) is 70.6 Å². The normalized spacial score (nSPS) is 13.3. The Hall–Kier alpha value is -2.19. The van der Waals surface area contributed by atoms with Gasteiger partial charge in [-0.25, -0.2) is 0 Å². The number of unbranched alkanes of at least 4 members (excludes halogenated alkanes) is 16. The Morgan fingerprint density at radius 1 is 0.638 bits per heavy atom.